The van der Waals surface area contributed by atoms with E-state index in [4.69, 9.17) is 21.2 Å². The molecule has 1 aliphatic carbocycles. The van der Waals surface area contributed by atoms with Crippen LogP contribution < -0.4 is 0 Å². The number of carbonyl (C=O) groups is 1. The maximum absolute atomic E-state index is 12.3. The van der Waals surface area contributed by atoms with Crippen molar-refractivity contribution in [3.63, 3.8) is 0 Å². The van der Waals surface area contributed by atoms with Crippen LogP contribution >= 0.6 is 11.6 Å². The van der Waals surface area contributed by atoms with Crippen LogP contribution in [0.4, 0.5) is 0 Å². The molecule has 2 rings (SSSR count). The van der Waals surface area contributed by atoms with Crippen molar-refractivity contribution in [3.05, 3.63) is 35.1 Å². The van der Waals surface area contributed by atoms with Gasteiger partial charge in [-0.25, -0.2) is 4.79 Å². The van der Waals surface area contributed by atoms with E-state index in [0.29, 0.717) is 12.1 Å². The molecule has 0 fully saturated rings. The fourth-order valence-electron chi connectivity index (χ4n) is 2.66. The molecule has 0 bridgehead atoms. The summed E-state index contributed by atoms with van der Waals surface area (Å²) in [5.74, 6) is -0.535. The maximum atomic E-state index is 12.3. The highest BCUT2D eigenvalue weighted by molar-refractivity contribution is 6.25. The Balaban J connectivity index is 2.21. The summed E-state index contributed by atoms with van der Waals surface area (Å²) in [5.41, 5.74) is 1.11. The number of esters is 1. The zero-order valence-corrected chi connectivity index (χ0v) is 13.3. The van der Waals surface area contributed by atoms with Gasteiger partial charge in [0.1, 0.15) is 23.5 Å². The fraction of sp³-hybridized carbons (Fsp3) is 0.500. The van der Waals surface area contributed by atoms with Gasteiger partial charge in [0.2, 0.25) is 0 Å². The Morgan fingerprint density at radius 3 is 3.05 bits per heavy atom. The number of oxime groups is 1. The Labute approximate surface area is 134 Å². The second-order valence-corrected chi connectivity index (χ2v) is 5.55. The van der Waals surface area contributed by atoms with E-state index in [2.05, 4.69) is 5.16 Å². The van der Waals surface area contributed by atoms with Gasteiger partial charge in [-0.3, -0.25) is 0 Å². The minimum Gasteiger partial charge on any atom is -0.511 e. The number of aliphatic hydroxyl groups is 1. The molecule has 1 spiro atoms. The molecule has 1 atom stereocenters. The number of hydrogen-bond acceptors (Lipinski definition) is 5. The number of carbonyl (C=O) groups excluding carboxylic acids is 1. The molecule has 120 valence electrons. The minimum atomic E-state index is -0.704. The molecule has 6 heteroatoms. The first-order valence-electron chi connectivity index (χ1n) is 7.39. The third-order valence-corrected chi connectivity index (χ3v) is 3.88. The van der Waals surface area contributed by atoms with Crippen molar-refractivity contribution in [2.45, 2.75) is 44.6 Å². The molecule has 22 heavy (non-hydrogen) atoms. The molecule has 0 aromatic carbocycles. The normalized spacial score (nSPS) is 25.9. The van der Waals surface area contributed by atoms with Crippen LogP contribution in [0.3, 0.4) is 0 Å². The van der Waals surface area contributed by atoms with Crippen LogP contribution in [0.25, 0.3) is 0 Å². The molecule has 0 amide bonds. The second-order valence-electron chi connectivity index (χ2n) is 5.30. The van der Waals surface area contributed by atoms with Crippen molar-refractivity contribution in [2.75, 3.05) is 6.61 Å². The number of allylic oxidation sites excluding steroid dienone is 1. The van der Waals surface area contributed by atoms with Gasteiger partial charge in [-0.2, -0.15) is 0 Å². The van der Waals surface area contributed by atoms with Gasteiger partial charge in [-0.05, 0) is 37.8 Å². The van der Waals surface area contributed by atoms with Crippen LogP contribution in [0.15, 0.2) is 40.3 Å². The van der Waals surface area contributed by atoms with Gasteiger partial charge in [-0.1, -0.05) is 29.8 Å². The number of aliphatic hydroxyl groups excluding tert-OH is 1. The molecule has 0 aromatic heterocycles. The number of ether oxygens (including phenoxy) is 1. The highest BCUT2D eigenvalue weighted by Crippen LogP contribution is 2.37. The monoisotopic (exact) mass is 325 g/mol. The summed E-state index contributed by atoms with van der Waals surface area (Å²) in [6, 6.07) is 0. The number of halogens is 1. The molecular formula is C16H20ClNO4. The van der Waals surface area contributed by atoms with Crippen LogP contribution in [0.5, 0.6) is 0 Å². The van der Waals surface area contributed by atoms with Crippen LogP contribution in [0.2, 0.25) is 0 Å². The summed E-state index contributed by atoms with van der Waals surface area (Å²) in [4.78, 5) is 17.4. The van der Waals surface area contributed by atoms with Crippen LogP contribution in [-0.2, 0) is 14.4 Å². The first-order chi connectivity index (χ1) is 10.6. The zero-order valence-electron chi connectivity index (χ0n) is 12.5. The Hall–Kier alpha value is -1.75. The first-order valence-corrected chi connectivity index (χ1v) is 7.83. The SMILES string of the molecule is CC/C(=N\OC/C=C/Cl)C1=C(O)CC2(C=CCCC2)OC1=O. The summed E-state index contributed by atoms with van der Waals surface area (Å²) in [7, 11) is 0. The molecule has 1 heterocycles. The largest absolute Gasteiger partial charge is 0.511 e. The lowest BCUT2D eigenvalue weighted by Crippen LogP contribution is -2.41. The predicted octanol–water partition coefficient (Wildman–Crippen LogP) is 3.76. The van der Waals surface area contributed by atoms with Crippen molar-refractivity contribution in [1.82, 2.24) is 0 Å². The van der Waals surface area contributed by atoms with Crippen LogP contribution in [0, 0.1) is 0 Å². The smallest absolute Gasteiger partial charge is 0.344 e. The topological polar surface area (TPSA) is 68.1 Å². The molecule has 1 unspecified atom stereocenters. The second kappa shape index (κ2) is 7.49. The van der Waals surface area contributed by atoms with E-state index in [1.807, 2.05) is 19.1 Å². The predicted molar refractivity (Wildman–Crippen MR) is 84.8 cm³/mol. The van der Waals surface area contributed by atoms with E-state index >= 15 is 0 Å². The molecule has 0 aromatic rings. The molecule has 0 saturated heterocycles. The average molecular weight is 326 g/mol. The molecule has 0 radical (unpaired) electrons. The molecular weight excluding hydrogens is 306 g/mol. The van der Waals surface area contributed by atoms with Gasteiger partial charge in [0, 0.05) is 12.0 Å². The van der Waals surface area contributed by atoms with Gasteiger partial charge >= 0.3 is 5.97 Å². The van der Waals surface area contributed by atoms with Crippen molar-refractivity contribution in [1.29, 1.82) is 0 Å². The van der Waals surface area contributed by atoms with Gasteiger partial charge in [0.05, 0.1) is 5.71 Å². The molecule has 5 nitrogen and oxygen atoms in total. The molecule has 1 aliphatic heterocycles. The Morgan fingerprint density at radius 2 is 2.45 bits per heavy atom. The fourth-order valence-corrected chi connectivity index (χ4v) is 2.73. The van der Waals surface area contributed by atoms with Crippen molar-refractivity contribution in [3.8, 4) is 0 Å². The van der Waals surface area contributed by atoms with Gasteiger partial charge in [0.25, 0.3) is 0 Å². The Kier molecular flexibility index (Phi) is 5.66. The van der Waals surface area contributed by atoms with E-state index in [-0.39, 0.29) is 24.4 Å². The molecule has 1 N–H and O–H groups in total. The average Bonchev–Trinajstić information content (AvgIpc) is 2.49. The summed E-state index contributed by atoms with van der Waals surface area (Å²) >= 11 is 5.39. The molecule has 0 saturated carbocycles. The first kappa shape index (κ1) is 16.6. The van der Waals surface area contributed by atoms with Crippen molar-refractivity contribution >= 4 is 23.3 Å². The minimum absolute atomic E-state index is 0.0138. The third kappa shape index (κ3) is 3.71. The van der Waals surface area contributed by atoms with E-state index < -0.39 is 11.6 Å². The highest BCUT2D eigenvalue weighted by atomic mass is 35.5. The zero-order chi connectivity index (χ0) is 16.0. The number of hydrogen-bond donors (Lipinski definition) is 1. The van der Waals surface area contributed by atoms with E-state index in [1.165, 1.54) is 5.54 Å². The highest BCUT2D eigenvalue weighted by Gasteiger charge is 2.41. The summed E-state index contributed by atoms with van der Waals surface area (Å²) in [6.07, 6.45) is 8.81. The maximum Gasteiger partial charge on any atom is 0.344 e. The van der Waals surface area contributed by atoms with Crippen molar-refractivity contribution in [2.24, 2.45) is 5.16 Å². The van der Waals surface area contributed by atoms with Gasteiger partial charge in [0.15, 0.2) is 0 Å². The number of rotatable bonds is 5. The molecule has 2 aliphatic rings. The third-order valence-electron chi connectivity index (χ3n) is 3.71. The number of nitrogens with zero attached hydrogens (tertiary/aromatic N) is 1. The summed E-state index contributed by atoms with van der Waals surface area (Å²) in [6.45, 7) is 2.03. The Morgan fingerprint density at radius 1 is 1.64 bits per heavy atom. The van der Waals surface area contributed by atoms with Crippen LogP contribution in [0.1, 0.15) is 39.0 Å². The lowest BCUT2D eigenvalue weighted by molar-refractivity contribution is -0.153. The van der Waals surface area contributed by atoms with Gasteiger partial charge < -0.3 is 14.7 Å². The lowest BCUT2D eigenvalue weighted by Gasteiger charge is -2.36. The lowest BCUT2D eigenvalue weighted by atomic mass is 9.84. The summed E-state index contributed by atoms with van der Waals surface area (Å²) < 4.78 is 5.59. The quantitative estimate of drug-likeness (QED) is 0.275. The summed E-state index contributed by atoms with van der Waals surface area (Å²) in [5, 5.41) is 14.2. The van der Waals surface area contributed by atoms with Crippen molar-refractivity contribution < 1.29 is 19.5 Å². The standard InChI is InChI=1S/C16H20ClNO4/c1-2-12(18-21-10-6-9-17)14-13(19)11-16(22-15(14)20)7-4-3-5-8-16/h4,6-7,9,19H,2-3,5,8,10-11H2,1H3/b9-6+,18-12+. The Bertz CT molecular complexity index is 550. The van der Waals surface area contributed by atoms with E-state index in [0.717, 1.165) is 19.3 Å². The van der Waals surface area contributed by atoms with Crippen LogP contribution in [-0.4, -0.2) is 29.0 Å². The van der Waals surface area contributed by atoms with Gasteiger partial charge in [-0.15, -0.1) is 0 Å². The van der Waals surface area contributed by atoms with E-state index in [1.54, 1.807) is 6.08 Å². The van der Waals surface area contributed by atoms with E-state index in [9.17, 15) is 9.90 Å².